The first-order valence-electron chi connectivity index (χ1n) is 5.29. The number of methoxy groups -OCH3 is 1. The molecule has 0 aliphatic rings. The number of nitro groups is 1. The molecule has 0 fully saturated rings. The van der Waals surface area contributed by atoms with Gasteiger partial charge in [-0.25, -0.2) is 4.79 Å². The number of benzene rings is 1. The summed E-state index contributed by atoms with van der Waals surface area (Å²) in [6.07, 6.45) is 1.38. The van der Waals surface area contributed by atoms with E-state index in [-0.39, 0.29) is 11.4 Å². The maximum Gasteiger partial charge on any atom is 0.341 e. The molecule has 1 rings (SSSR count). The van der Waals surface area contributed by atoms with Gasteiger partial charge in [-0.2, -0.15) is 0 Å². The number of aliphatic carboxylic acids is 1. The maximum atomic E-state index is 10.5. The highest BCUT2D eigenvalue weighted by molar-refractivity contribution is 5.68. The van der Waals surface area contributed by atoms with E-state index >= 15 is 0 Å². The SMILES string of the molecule is COc1cc(C=C(C)[N+](=O)[O-])ccc1OCC(=O)O. The van der Waals surface area contributed by atoms with E-state index in [1.807, 2.05) is 0 Å². The summed E-state index contributed by atoms with van der Waals surface area (Å²) < 4.78 is 10.1. The molecule has 1 N–H and O–H groups in total. The Kier molecular flexibility index (Phi) is 4.87. The zero-order chi connectivity index (χ0) is 14.4. The van der Waals surface area contributed by atoms with Crippen molar-refractivity contribution in [2.45, 2.75) is 6.92 Å². The summed E-state index contributed by atoms with van der Waals surface area (Å²) in [5, 5.41) is 19.0. The van der Waals surface area contributed by atoms with E-state index in [0.29, 0.717) is 11.3 Å². The van der Waals surface area contributed by atoms with Crippen LogP contribution >= 0.6 is 0 Å². The van der Waals surface area contributed by atoms with Crippen molar-refractivity contribution in [1.29, 1.82) is 0 Å². The molecule has 0 aromatic heterocycles. The van der Waals surface area contributed by atoms with Crippen LogP contribution in [0.4, 0.5) is 0 Å². The zero-order valence-electron chi connectivity index (χ0n) is 10.5. The number of carboxylic acid groups (broad SMARTS) is 1. The van der Waals surface area contributed by atoms with E-state index in [1.54, 1.807) is 6.07 Å². The van der Waals surface area contributed by atoms with Crippen molar-refractivity contribution in [3.8, 4) is 11.5 Å². The van der Waals surface area contributed by atoms with Crippen molar-refractivity contribution < 1.29 is 24.3 Å². The molecule has 0 unspecified atom stereocenters. The van der Waals surface area contributed by atoms with Gasteiger partial charge in [-0.15, -0.1) is 0 Å². The third-order valence-electron chi connectivity index (χ3n) is 2.20. The molecule has 0 spiro atoms. The van der Waals surface area contributed by atoms with E-state index in [1.165, 1.54) is 32.2 Å². The second kappa shape index (κ2) is 6.39. The van der Waals surface area contributed by atoms with Crippen LogP contribution in [-0.2, 0) is 4.79 Å². The second-order valence-electron chi connectivity index (χ2n) is 3.64. The molecular weight excluding hydrogens is 254 g/mol. The normalized spacial score (nSPS) is 10.9. The zero-order valence-corrected chi connectivity index (χ0v) is 10.5. The minimum absolute atomic E-state index is 0.0127. The average Bonchev–Trinajstić information content (AvgIpc) is 2.36. The third-order valence-corrected chi connectivity index (χ3v) is 2.20. The number of hydrogen-bond acceptors (Lipinski definition) is 5. The molecule has 7 heteroatoms. The minimum Gasteiger partial charge on any atom is -0.493 e. The molecule has 0 aliphatic heterocycles. The Hall–Kier alpha value is -2.57. The molecule has 0 aliphatic carbocycles. The van der Waals surface area contributed by atoms with Crippen LogP contribution in [0.3, 0.4) is 0 Å². The summed E-state index contributed by atoms with van der Waals surface area (Å²) in [6.45, 7) is 0.890. The number of allylic oxidation sites excluding steroid dienone is 1. The topological polar surface area (TPSA) is 98.9 Å². The van der Waals surface area contributed by atoms with E-state index in [0.717, 1.165) is 0 Å². The maximum absolute atomic E-state index is 10.5. The smallest absolute Gasteiger partial charge is 0.341 e. The van der Waals surface area contributed by atoms with Crippen molar-refractivity contribution in [3.63, 3.8) is 0 Å². The van der Waals surface area contributed by atoms with E-state index in [2.05, 4.69) is 0 Å². The lowest BCUT2D eigenvalue weighted by atomic mass is 10.1. The Morgan fingerprint density at radius 2 is 2.16 bits per heavy atom. The largest absolute Gasteiger partial charge is 0.493 e. The van der Waals surface area contributed by atoms with Crippen LogP contribution in [0.25, 0.3) is 6.08 Å². The molecule has 0 radical (unpaired) electrons. The molecule has 0 saturated heterocycles. The monoisotopic (exact) mass is 267 g/mol. The Labute approximate surface area is 109 Å². The standard InChI is InChI=1S/C12H13NO6/c1-8(13(16)17)5-9-3-4-10(11(6-9)18-2)19-7-12(14)15/h3-6H,7H2,1-2H3,(H,14,15). The predicted molar refractivity (Wildman–Crippen MR) is 66.8 cm³/mol. The summed E-state index contributed by atoms with van der Waals surface area (Å²) in [5.74, 6) is -0.526. The van der Waals surface area contributed by atoms with Crippen LogP contribution in [0.15, 0.2) is 23.9 Å². The highest BCUT2D eigenvalue weighted by Crippen LogP contribution is 2.28. The molecular formula is C12H13NO6. The fraction of sp³-hybridized carbons (Fsp3) is 0.250. The average molecular weight is 267 g/mol. The van der Waals surface area contributed by atoms with Crippen LogP contribution in [0, 0.1) is 10.1 Å². The van der Waals surface area contributed by atoms with Gasteiger partial charge < -0.3 is 14.6 Å². The Morgan fingerprint density at radius 3 is 2.68 bits per heavy atom. The summed E-state index contributed by atoms with van der Waals surface area (Å²) in [5.41, 5.74) is 0.551. The summed E-state index contributed by atoms with van der Waals surface area (Å²) in [4.78, 5) is 20.4. The lowest BCUT2D eigenvalue weighted by Crippen LogP contribution is -2.10. The number of carboxylic acids is 1. The van der Waals surface area contributed by atoms with Crippen molar-refractivity contribution in [1.82, 2.24) is 0 Å². The quantitative estimate of drug-likeness (QED) is 0.623. The fourth-order valence-electron chi connectivity index (χ4n) is 1.33. The molecule has 0 heterocycles. The highest BCUT2D eigenvalue weighted by atomic mass is 16.6. The van der Waals surface area contributed by atoms with Crippen LogP contribution in [0.1, 0.15) is 12.5 Å². The van der Waals surface area contributed by atoms with Crippen LogP contribution < -0.4 is 9.47 Å². The summed E-state index contributed by atoms with van der Waals surface area (Å²) in [6, 6.07) is 4.61. The summed E-state index contributed by atoms with van der Waals surface area (Å²) >= 11 is 0. The number of nitrogens with zero attached hydrogens (tertiary/aromatic N) is 1. The molecule has 102 valence electrons. The van der Waals surface area contributed by atoms with Gasteiger partial charge in [0.1, 0.15) is 0 Å². The lowest BCUT2D eigenvalue weighted by Gasteiger charge is -2.09. The Balaban J connectivity index is 2.98. The van der Waals surface area contributed by atoms with Crippen LogP contribution in [-0.4, -0.2) is 29.7 Å². The predicted octanol–water partition coefficient (Wildman–Crippen LogP) is 1.80. The molecule has 0 saturated carbocycles. The van der Waals surface area contributed by atoms with Gasteiger partial charge in [-0.1, -0.05) is 6.07 Å². The molecule has 7 nitrogen and oxygen atoms in total. The molecule has 0 bridgehead atoms. The fourth-order valence-corrected chi connectivity index (χ4v) is 1.33. The van der Waals surface area contributed by atoms with E-state index in [9.17, 15) is 14.9 Å². The van der Waals surface area contributed by atoms with Gasteiger partial charge in [0.15, 0.2) is 18.1 Å². The van der Waals surface area contributed by atoms with Crippen LogP contribution in [0.5, 0.6) is 11.5 Å². The van der Waals surface area contributed by atoms with Gasteiger partial charge in [-0.05, 0) is 17.7 Å². The Bertz CT molecular complexity index is 523. The first kappa shape index (κ1) is 14.5. The number of carbonyl (C=O) groups is 1. The van der Waals surface area contributed by atoms with E-state index < -0.39 is 17.5 Å². The number of ether oxygens (including phenoxy) is 2. The summed E-state index contributed by atoms with van der Waals surface area (Å²) in [7, 11) is 1.40. The molecule has 19 heavy (non-hydrogen) atoms. The lowest BCUT2D eigenvalue weighted by molar-refractivity contribution is -0.422. The molecule has 1 aromatic rings. The van der Waals surface area contributed by atoms with Gasteiger partial charge in [0.25, 0.3) is 0 Å². The number of rotatable bonds is 6. The van der Waals surface area contributed by atoms with Crippen molar-refractivity contribution >= 4 is 12.0 Å². The minimum atomic E-state index is -1.10. The van der Waals surface area contributed by atoms with Crippen molar-refractivity contribution in [2.24, 2.45) is 0 Å². The molecule has 0 amide bonds. The van der Waals surface area contributed by atoms with E-state index in [4.69, 9.17) is 14.6 Å². The van der Waals surface area contributed by atoms with Crippen molar-refractivity contribution in [3.05, 3.63) is 39.6 Å². The van der Waals surface area contributed by atoms with Gasteiger partial charge in [-0.3, -0.25) is 10.1 Å². The third kappa shape index (κ3) is 4.30. The molecule has 0 atom stereocenters. The number of hydrogen-bond donors (Lipinski definition) is 1. The Morgan fingerprint density at radius 1 is 1.47 bits per heavy atom. The highest BCUT2D eigenvalue weighted by Gasteiger charge is 2.09. The van der Waals surface area contributed by atoms with Gasteiger partial charge >= 0.3 is 5.97 Å². The molecule has 1 aromatic carbocycles. The van der Waals surface area contributed by atoms with Crippen molar-refractivity contribution in [2.75, 3.05) is 13.7 Å². The van der Waals surface area contributed by atoms with Gasteiger partial charge in [0.2, 0.25) is 5.70 Å². The first-order chi connectivity index (χ1) is 8.93. The first-order valence-corrected chi connectivity index (χ1v) is 5.29. The van der Waals surface area contributed by atoms with Crippen LogP contribution in [0.2, 0.25) is 0 Å². The van der Waals surface area contributed by atoms with Gasteiger partial charge in [0, 0.05) is 13.0 Å². The van der Waals surface area contributed by atoms with Gasteiger partial charge in [0.05, 0.1) is 12.0 Å². The second-order valence-corrected chi connectivity index (χ2v) is 3.64.